The van der Waals surface area contributed by atoms with Gasteiger partial charge < -0.3 is 10.2 Å². The van der Waals surface area contributed by atoms with Gasteiger partial charge in [-0.05, 0) is 37.3 Å². The van der Waals surface area contributed by atoms with Gasteiger partial charge in [0.25, 0.3) is 0 Å². The largest absolute Gasteiger partial charge is 0.326 e. The van der Waals surface area contributed by atoms with Gasteiger partial charge in [0.15, 0.2) is 0 Å². The number of nitriles is 1. The number of hydrogen-bond acceptors (Lipinski definition) is 3. The van der Waals surface area contributed by atoms with Crippen LogP contribution in [0.25, 0.3) is 0 Å². The van der Waals surface area contributed by atoms with Crippen molar-refractivity contribution >= 4 is 23.2 Å². The van der Waals surface area contributed by atoms with E-state index in [1.807, 2.05) is 37.3 Å². The molecule has 0 bridgehead atoms. The van der Waals surface area contributed by atoms with Crippen molar-refractivity contribution in [3.63, 3.8) is 0 Å². The van der Waals surface area contributed by atoms with Crippen LogP contribution in [-0.4, -0.2) is 18.4 Å². The molecule has 0 aromatic heterocycles. The first-order valence-corrected chi connectivity index (χ1v) is 7.75. The van der Waals surface area contributed by atoms with Gasteiger partial charge in [-0.2, -0.15) is 5.26 Å². The fourth-order valence-corrected chi connectivity index (χ4v) is 2.77. The van der Waals surface area contributed by atoms with Crippen LogP contribution in [0.1, 0.15) is 17.5 Å². The Kier molecular flexibility index (Phi) is 4.30. The standard InChI is InChI=1S/C19H17N3O2/c1-13-5-7-17(8-6-13)22-12-15(10-18(22)23)19(24)21-16-4-2-3-14(9-16)11-20/h2-9,15H,10,12H2,1H3,(H,21,24)/t15-/m0/s1. The number of anilines is 2. The Morgan fingerprint density at radius 1 is 1.25 bits per heavy atom. The minimum atomic E-state index is -0.399. The SMILES string of the molecule is Cc1ccc(N2C[C@@H](C(=O)Nc3cccc(C#N)c3)CC2=O)cc1. The van der Waals surface area contributed by atoms with Crippen molar-refractivity contribution in [3.05, 3.63) is 59.7 Å². The lowest BCUT2D eigenvalue weighted by Crippen LogP contribution is -2.28. The average Bonchev–Trinajstić information content (AvgIpc) is 2.98. The smallest absolute Gasteiger partial charge is 0.229 e. The molecule has 2 amide bonds. The van der Waals surface area contributed by atoms with Gasteiger partial charge in [0.05, 0.1) is 17.6 Å². The van der Waals surface area contributed by atoms with Gasteiger partial charge in [-0.1, -0.05) is 23.8 Å². The molecule has 0 unspecified atom stereocenters. The van der Waals surface area contributed by atoms with Gasteiger partial charge in [-0.3, -0.25) is 9.59 Å². The van der Waals surface area contributed by atoms with E-state index in [1.54, 1.807) is 29.2 Å². The number of carbonyl (C=O) groups is 2. The molecule has 0 aliphatic carbocycles. The van der Waals surface area contributed by atoms with E-state index in [1.165, 1.54) is 0 Å². The van der Waals surface area contributed by atoms with Crippen LogP contribution < -0.4 is 10.2 Å². The van der Waals surface area contributed by atoms with E-state index in [2.05, 4.69) is 5.32 Å². The van der Waals surface area contributed by atoms with E-state index in [-0.39, 0.29) is 18.2 Å². The third-order valence-electron chi connectivity index (χ3n) is 4.10. The Balaban J connectivity index is 1.69. The molecule has 2 aromatic carbocycles. The van der Waals surface area contributed by atoms with E-state index in [0.717, 1.165) is 11.3 Å². The molecular formula is C19H17N3O2. The van der Waals surface area contributed by atoms with Gasteiger partial charge in [-0.15, -0.1) is 0 Å². The van der Waals surface area contributed by atoms with E-state index < -0.39 is 5.92 Å². The van der Waals surface area contributed by atoms with Crippen molar-refractivity contribution in [2.45, 2.75) is 13.3 Å². The van der Waals surface area contributed by atoms with E-state index in [4.69, 9.17) is 5.26 Å². The maximum Gasteiger partial charge on any atom is 0.229 e. The van der Waals surface area contributed by atoms with E-state index in [9.17, 15) is 9.59 Å². The summed E-state index contributed by atoms with van der Waals surface area (Å²) < 4.78 is 0. The summed E-state index contributed by atoms with van der Waals surface area (Å²) in [5.41, 5.74) is 2.99. The van der Waals surface area contributed by atoms with Gasteiger partial charge in [0.1, 0.15) is 0 Å². The predicted molar refractivity (Wildman–Crippen MR) is 91.4 cm³/mol. The quantitative estimate of drug-likeness (QED) is 0.945. The molecule has 1 aliphatic heterocycles. The topological polar surface area (TPSA) is 73.2 Å². The maximum absolute atomic E-state index is 12.4. The summed E-state index contributed by atoms with van der Waals surface area (Å²) in [5.74, 6) is -0.651. The van der Waals surface area contributed by atoms with Gasteiger partial charge in [-0.25, -0.2) is 0 Å². The number of benzene rings is 2. The molecule has 1 N–H and O–H groups in total. The fourth-order valence-electron chi connectivity index (χ4n) is 2.77. The molecule has 1 aliphatic rings. The molecule has 1 atom stereocenters. The second-order valence-corrected chi connectivity index (χ2v) is 5.92. The summed E-state index contributed by atoms with van der Waals surface area (Å²) in [5, 5.41) is 11.7. The molecule has 1 saturated heterocycles. The van der Waals surface area contributed by atoms with Crippen LogP contribution in [0.2, 0.25) is 0 Å². The first kappa shape index (κ1) is 15.8. The second kappa shape index (κ2) is 6.55. The van der Waals surface area contributed by atoms with Crippen molar-refractivity contribution in [2.24, 2.45) is 5.92 Å². The highest BCUT2D eigenvalue weighted by Crippen LogP contribution is 2.26. The van der Waals surface area contributed by atoms with Crippen LogP contribution in [-0.2, 0) is 9.59 Å². The Morgan fingerprint density at radius 3 is 2.71 bits per heavy atom. The van der Waals surface area contributed by atoms with Crippen molar-refractivity contribution in [1.82, 2.24) is 0 Å². The molecule has 0 saturated carbocycles. The Hall–Kier alpha value is -3.13. The Labute approximate surface area is 140 Å². The molecule has 0 spiro atoms. The lowest BCUT2D eigenvalue weighted by molar-refractivity contribution is -0.122. The summed E-state index contributed by atoms with van der Waals surface area (Å²) in [7, 11) is 0. The van der Waals surface area contributed by atoms with Crippen LogP contribution in [0.5, 0.6) is 0 Å². The molecule has 5 nitrogen and oxygen atoms in total. The average molecular weight is 319 g/mol. The maximum atomic E-state index is 12.4. The van der Waals surface area contributed by atoms with Crippen LogP contribution in [0.4, 0.5) is 11.4 Å². The molecule has 1 fully saturated rings. The molecule has 1 heterocycles. The van der Waals surface area contributed by atoms with Crippen LogP contribution >= 0.6 is 0 Å². The first-order chi connectivity index (χ1) is 11.6. The zero-order valence-electron chi connectivity index (χ0n) is 13.3. The second-order valence-electron chi connectivity index (χ2n) is 5.92. The Bertz CT molecular complexity index is 821. The van der Waals surface area contributed by atoms with Crippen LogP contribution in [0, 0.1) is 24.2 Å². The van der Waals surface area contributed by atoms with Gasteiger partial charge >= 0.3 is 0 Å². The molecule has 120 valence electrons. The van der Waals surface area contributed by atoms with Crippen molar-refractivity contribution in [2.75, 3.05) is 16.8 Å². The summed E-state index contributed by atoms with van der Waals surface area (Å²) in [4.78, 5) is 26.3. The lowest BCUT2D eigenvalue weighted by atomic mass is 10.1. The number of nitrogens with zero attached hydrogens (tertiary/aromatic N) is 2. The molecule has 3 rings (SSSR count). The Morgan fingerprint density at radius 2 is 2.00 bits per heavy atom. The molecule has 2 aromatic rings. The number of nitrogens with one attached hydrogen (secondary N) is 1. The highest BCUT2D eigenvalue weighted by atomic mass is 16.2. The number of rotatable bonds is 3. The normalized spacial score (nSPS) is 16.8. The summed E-state index contributed by atoms with van der Waals surface area (Å²) in [6, 6.07) is 16.5. The monoisotopic (exact) mass is 319 g/mol. The predicted octanol–water partition coefficient (Wildman–Crippen LogP) is 2.86. The fraction of sp³-hybridized carbons (Fsp3) is 0.211. The lowest BCUT2D eigenvalue weighted by Gasteiger charge is -2.17. The third-order valence-corrected chi connectivity index (χ3v) is 4.10. The number of carbonyl (C=O) groups excluding carboxylic acids is 2. The summed E-state index contributed by atoms with van der Waals surface area (Å²) >= 11 is 0. The molecule has 5 heteroatoms. The summed E-state index contributed by atoms with van der Waals surface area (Å²) in [6.45, 7) is 2.35. The van der Waals surface area contributed by atoms with E-state index >= 15 is 0 Å². The van der Waals surface area contributed by atoms with E-state index in [0.29, 0.717) is 17.8 Å². The third kappa shape index (κ3) is 3.28. The summed E-state index contributed by atoms with van der Waals surface area (Å²) in [6.07, 6.45) is 0.192. The number of hydrogen-bond donors (Lipinski definition) is 1. The van der Waals surface area contributed by atoms with Crippen molar-refractivity contribution < 1.29 is 9.59 Å². The van der Waals surface area contributed by atoms with Crippen LogP contribution in [0.3, 0.4) is 0 Å². The van der Waals surface area contributed by atoms with Gasteiger partial charge in [0, 0.05) is 24.3 Å². The minimum Gasteiger partial charge on any atom is -0.326 e. The van der Waals surface area contributed by atoms with Crippen molar-refractivity contribution in [1.29, 1.82) is 5.26 Å². The molecule has 24 heavy (non-hydrogen) atoms. The number of amides is 2. The highest BCUT2D eigenvalue weighted by molar-refractivity contribution is 6.03. The molecule has 0 radical (unpaired) electrons. The first-order valence-electron chi connectivity index (χ1n) is 7.75. The zero-order valence-corrected chi connectivity index (χ0v) is 13.3. The van der Waals surface area contributed by atoms with Crippen molar-refractivity contribution in [3.8, 4) is 6.07 Å². The number of aryl methyl sites for hydroxylation is 1. The zero-order chi connectivity index (χ0) is 17.1. The molecular weight excluding hydrogens is 302 g/mol. The highest BCUT2D eigenvalue weighted by Gasteiger charge is 2.35. The minimum absolute atomic E-state index is 0.0511. The van der Waals surface area contributed by atoms with Gasteiger partial charge in [0.2, 0.25) is 11.8 Å². The van der Waals surface area contributed by atoms with Crippen LogP contribution in [0.15, 0.2) is 48.5 Å².